The molecule has 0 saturated heterocycles. The Bertz CT molecular complexity index is 1180. The summed E-state index contributed by atoms with van der Waals surface area (Å²) < 4.78 is 5.91. The van der Waals surface area contributed by atoms with Gasteiger partial charge in [0.15, 0.2) is 0 Å². The number of hydrogen-bond donors (Lipinski definition) is 3. The van der Waals surface area contributed by atoms with Crippen LogP contribution in [0.25, 0.3) is 0 Å². The van der Waals surface area contributed by atoms with Crippen LogP contribution in [-0.2, 0) is 14.3 Å². The molecule has 3 N–H and O–H groups in total. The van der Waals surface area contributed by atoms with Crippen LogP contribution in [0.4, 0.5) is 0 Å². The fourth-order valence-corrected chi connectivity index (χ4v) is 9.30. The minimum atomic E-state index is -0.811. The zero-order valence-corrected chi connectivity index (χ0v) is 46.2. The van der Waals surface area contributed by atoms with Crippen molar-refractivity contribution in [3.63, 3.8) is 0 Å². The monoisotopic (exact) mass is 968 g/mol. The van der Waals surface area contributed by atoms with Crippen LogP contribution >= 0.6 is 0 Å². The highest BCUT2D eigenvalue weighted by atomic mass is 16.5. The van der Waals surface area contributed by atoms with Gasteiger partial charge >= 0.3 is 5.97 Å². The molecule has 3 atom stereocenters. The summed E-state index contributed by atoms with van der Waals surface area (Å²) >= 11 is 0. The number of unbranched alkanes of at least 4 members (excludes halogenated alkanes) is 36. The Hall–Kier alpha value is -2.18. The minimum Gasteiger partial charge on any atom is -0.461 e. The first-order valence-electron chi connectivity index (χ1n) is 30.4. The molecule has 404 valence electrons. The highest BCUT2D eigenvalue weighted by Crippen LogP contribution is 2.18. The first-order valence-corrected chi connectivity index (χ1v) is 30.4. The van der Waals surface area contributed by atoms with E-state index in [1.165, 1.54) is 212 Å². The van der Waals surface area contributed by atoms with Crippen molar-refractivity contribution in [2.75, 3.05) is 6.61 Å². The predicted octanol–water partition coefficient (Wildman–Crippen LogP) is 19.0. The highest BCUT2D eigenvalue weighted by molar-refractivity contribution is 5.77. The molecule has 0 aromatic heterocycles. The molecule has 0 saturated carbocycles. The molecule has 0 aliphatic carbocycles. The van der Waals surface area contributed by atoms with Gasteiger partial charge in [0, 0.05) is 12.8 Å². The molecule has 0 rings (SSSR count). The van der Waals surface area contributed by atoms with Gasteiger partial charge in [0.1, 0.15) is 6.10 Å². The Morgan fingerprint density at radius 3 is 1.16 bits per heavy atom. The Kier molecular flexibility index (Phi) is 54.9. The Morgan fingerprint density at radius 2 is 0.768 bits per heavy atom. The standard InChI is InChI=1S/C63H117NO5/c1-4-7-10-13-16-19-22-25-28-30-32-35-38-41-44-47-50-53-56-63(68)69-59(54-51-48-45-42-39-36-33-27-24-21-18-15-12-9-6-3)57-62(67)64-60(58-65)61(66)55-52-49-46-43-40-37-34-31-29-26-23-20-17-14-11-8-5-2/h18,21,27,33,39,42,48,51,59-61,65-66H,4-17,19-20,22-26,28-32,34-38,40-41,43-47,49-50,52-58H2,1-3H3,(H,64,67)/b21-18-,33-27-,42-39-,51-48-. The number of hydrogen-bond acceptors (Lipinski definition) is 5. The maximum absolute atomic E-state index is 13.3. The van der Waals surface area contributed by atoms with E-state index in [1.54, 1.807) is 0 Å². The van der Waals surface area contributed by atoms with E-state index < -0.39 is 18.2 Å². The van der Waals surface area contributed by atoms with Gasteiger partial charge in [0.2, 0.25) is 5.91 Å². The summed E-state index contributed by atoms with van der Waals surface area (Å²) in [6.45, 7) is 6.47. The van der Waals surface area contributed by atoms with Gasteiger partial charge in [-0.3, -0.25) is 9.59 Å². The van der Waals surface area contributed by atoms with Crippen LogP contribution in [0.1, 0.15) is 316 Å². The van der Waals surface area contributed by atoms with E-state index in [1.807, 2.05) is 6.08 Å². The number of aliphatic hydroxyl groups is 2. The van der Waals surface area contributed by atoms with E-state index in [9.17, 15) is 19.8 Å². The first-order chi connectivity index (χ1) is 34.0. The Balaban J connectivity index is 4.58. The first kappa shape index (κ1) is 66.8. The average molecular weight is 969 g/mol. The predicted molar refractivity (Wildman–Crippen MR) is 301 cm³/mol. The molecular weight excluding hydrogens is 851 g/mol. The third-order valence-electron chi connectivity index (χ3n) is 13.9. The van der Waals surface area contributed by atoms with E-state index in [0.29, 0.717) is 19.3 Å². The molecular formula is C63H117NO5. The van der Waals surface area contributed by atoms with Gasteiger partial charge in [-0.1, -0.05) is 301 Å². The summed E-state index contributed by atoms with van der Waals surface area (Å²) in [7, 11) is 0. The average Bonchev–Trinajstić information content (AvgIpc) is 3.34. The highest BCUT2D eigenvalue weighted by Gasteiger charge is 2.23. The lowest BCUT2D eigenvalue weighted by atomic mass is 10.0. The van der Waals surface area contributed by atoms with Gasteiger partial charge in [-0.05, 0) is 44.9 Å². The van der Waals surface area contributed by atoms with Gasteiger partial charge < -0.3 is 20.3 Å². The SMILES string of the molecule is CCCCC/C=C\C/C=C\C/C=C\C/C=C\CC(CC(=O)NC(CO)C(O)CCCCCCCCCCCCCCCCCCC)OC(=O)CCCCCCCCCCCCCCCCCCCC. The van der Waals surface area contributed by atoms with Crippen LogP contribution in [0.5, 0.6) is 0 Å². The van der Waals surface area contributed by atoms with E-state index in [4.69, 9.17) is 4.74 Å². The van der Waals surface area contributed by atoms with E-state index in [2.05, 4.69) is 68.6 Å². The summed E-state index contributed by atoms with van der Waals surface area (Å²) in [4.78, 5) is 26.3. The maximum Gasteiger partial charge on any atom is 0.306 e. The molecule has 1 amide bonds. The summed E-state index contributed by atoms with van der Waals surface area (Å²) in [6, 6.07) is -0.730. The molecule has 0 aliphatic rings. The number of amides is 1. The number of aliphatic hydroxyl groups excluding tert-OH is 2. The van der Waals surface area contributed by atoms with Crippen molar-refractivity contribution in [2.24, 2.45) is 0 Å². The lowest BCUT2D eigenvalue weighted by molar-refractivity contribution is -0.150. The van der Waals surface area contributed by atoms with Crippen molar-refractivity contribution in [3.8, 4) is 0 Å². The lowest BCUT2D eigenvalue weighted by Crippen LogP contribution is -2.46. The van der Waals surface area contributed by atoms with Gasteiger partial charge in [-0.15, -0.1) is 0 Å². The van der Waals surface area contributed by atoms with Crippen molar-refractivity contribution >= 4 is 11.9 Å². The molecule has 0 fully saturated rings. The third-order valence-corrected chi connectivity index (χ3v) is 13.9. The largest absolute Gasteiger partial charge is 0.461 e. The quantitative estimate of drug-likeness (QED) is 0.0321. The molecule has 0 aromatic carbocycles. The Morgan fingerprint density at radius 1 is 0.435 bits per heavy atom. The second-order valence-corrected chi connectivity index (χ2v) is 20.8. The number of carbonyl (C=O) groups excluding carboxylic acids is 2. The lowest BCUT2D eigenvalue weighted by Gasteiger charge is -2.24. The fourth-order valence-electron chi connectivity index (χ4n) is 9.30. The molecule has 0 radical (unpaired) electrons. The van der Waals surface area contributed by atoms with Crippen LogP contribution in [0.2, 0.25) is 0 Å². The molecule has 0 aromatic rings. The van der Waals surface area contributed by atoms with Gasteiger partial charge in [-0.25, -0.2) is 0 Å². The minimum absolute atomic E-state index is 0.00519. The zero-order valence-electron chi connectivity index (χ0n) is 46.2. The number of carbonyl (C=O) groups is 2. The van der Waals surface area contributed by atoms with Crippen LogP contribution in [0.3, 0.4) is 0 Å². The summed E-state index contributed by atoms with van der Waals surface area (Å²) in [5, 5.41) is 23.9. The number of nitrogens with one attached hydrogen (secondary N) is 1. The van der Waals surface area contributed by atoms with Crippen molar-refractivity contribution in [1.82, 2.24) is 5.32 Å². The van der Waals surface area contributed by atoms with Crippen LogP contribution < -0.4 is 5.32 Å². The number of ether oxygens (including phenoxy) is 1. The molecule has 0 spiro atoms. The number of esters is 1. The van der Waals surface area contributed by atoms with Crippen molar-refractivity contribution in [2.45, 2.75) is 334 Å². The normalized spacial score (nSPS) is 13.4. The Labute approximate surface area is 429 Å². The van der Waals surface area contributed by atoms with Crippen LogP contribution in [0.15, 0.2) is 48.6 Å². The molecule has 69 heavy (non-hydrogen) atoms. The second kappa shape index (κ2) is 56.7. The van der Waals surface area contributed by atoms with E-state index in [0.717, 1.165) is 57.8 Å². The zero-order chi connectivity index (χ0) is 50.2. The second-order valence-electron chi connectivity index (χ2n) is 20.8. The maximum atomic E-state index is 13.3. The summed E-state index contributed by atoms with van der Waals surface area (Å²) in [6.07, 6.45) is 70.6. The number of allylic oxidation sites excluding steroid dienone is 7. The van der Waals surface area contributed by atoms with Crippen molar-refractivity contribution in [1.29, 1.82) is 0 Å². The summed E-state index contributed by atoms with van der Waals surface area (Å²) in [5.74, 6) is -0.560. The van der Waals surface area contributed by atoms with Crippen LogP contribution in [0, 0.1) is 0 Å². The van der Waals surface area contributed by atoms with Gasteiger partial charge in [0.05, 0.1) is 25.2 Å². The third kappa shape index (κ3) is 52.0. The van der Waals surface area contributed by atoms with E-state index in [-0.39, 0.29) is 24.9 Å². The summed E-state index contributed by atoms with van der Waals surface area (Å²) in [5.41, 5.74) is 0. The molecule has 0 heterocycles. The smallest absolute Gasteiger partial charge is 0.306 e. The topological polar surface area (TPSA) is 95.9 Å². The van der Waals surface area contributed by atoms with Crippen molar-refractivity contribution in [3.05, 3.63) is 48.6 Å². The molecule has 6 nitrogen and oxygen atoms in total. The molecule has 0 aliphatic heterocycles. The van der Waals surface area contributed by atoms with Gasteiger partial charge in [0.25, 0.3) is 0 Å². The van der Waals surface area contributed by atoms with E-state index >= 15 is 0 Å². The molecule has 3 unspecified atom stereocenters. The number of rotatable bonds is 55. The van der Waals surface area contributed by atoms with Crippen LogP contribution in [-0.4, -0.2) is 46.9 Å². The molecule has 6 heteroatoms. The van der Waals surface area contributed by atoms with Crippen molar-refractivity contribution < 1.29 is 24.5 Å². The fraction of sp³-hybridized carbons (Fsp3) is 0.841. The molecule has 0 bridgehead atoms. The van der Waals surface area contributed by atoms with Gasteiger partial charge in [-0.2, -0.15) is 0 Å².